The Morgan fingerprint density at radius 2 is 2.10 bits per heavy atom. The lowest BCUT2D eigenvalue weighted by Gasteiger charge is -2.22. The van der Waals surface area contributed by atoms with E-state index >= 15 is 0 Å². The zero-order chi connectivity index (χ0) is 14.6. The minimum absolute atomic E-state index is 0.0486. The number of rotatable bonds is 3. The van der Waals surface area contributed by atoms with Crippen LogP contribution in [0.25, 0.3) is 0 Å². The van der Waals surface area contributed by atoms with Crippen molar-refractivity contribution in [3.8, 4) is 0 Å². The number of hydrogen-bond donors (Lipinski definition) is 1. The second-order valence-corrected chi connectivity index (χ2v) is 6.43. The first kappa shape index (κ1) is 12.9. The van der Waals surface area contributed by atoms with E-state index in [2.05, 4.69) is 5.16 Å². The Morgan fingerprint density at radius 3 is 2.71 bits per heavy atom. The normalized spacial score (nSPS) is 31.4. The molecule has 1 aromatic heterocycles. The van der Waals surface area contributed by atoms with Crippen LogP contribution in [0.2, 0.25) is 0 Å². The van der Waals surface area contributed by atoms with Gasteiger partial charge in [-0.05, 0) is 32.1 Å². The largest absolute Gasteiger partial charge is 0.481 e. The van der Waals surface area contributed by atoms with E-state index in [1.165, 1.54) is 6.42 Å². The van der Waals surface area contributed by atoms with Crippen molar-refractivity contribution in [2.75, 3.05) is 0 Å². The topological polar surface area (TPSA) is 83.6 Å². The van der Waals surface area contributed by atoms with Crippen molar-refractivity contribution in [2.24, 2.45) is 5.92 Å². The molecule has 1 amide bonds. The number of hydrogen-bond acceptors (Lipinski definition) is 4. The van der Waals surface area contributed by atoms with E-state index in [9.17, 15) is 14.7 Å². The number of carboxylic acids is 1. The molecule has 1 N–H and O–H groups in total. The van der Waals surface area contributed by atoms with E-state index < -0.39 is 11.9 Å². The summed E-state index contributed by atoms with van der Waals surface area (Å²) in [5.74, 6) is -0.186. The molecule has 0 radical (unpaired) electrons. The molecule has 112 valence electrons. The second-order valence-electron chi connectivity index (χ2n) is 6.43. The van der Waals surface area contributed by atoms with Gasteiger partial charge in [-0.2, -0.15) is 0 Å². The van der Waals surface area contributed by atoms with E-state index in [0.717, 1.165) is 31.4 Å². The summed E-state index contributed by atoms with van der Waals surface area (Å²) in [7, 11) is 0. The highest BCUT2D eigenvalue weighted by molar-refractivity contribution is 5.94. The van der Waals surface area contributed by atoms with Gasteiger partial charge in [0.1, 0.15) is 5.76 Å². The van der Waals surface area contributed by atoms with E-state index in [-0.39, 0.29) is 18.0 Å². The van der Waals surface area contributed by atoms with Gasteiger partial charge in [-0.3, -0.25) is 9.59 Å². The van der Waals surface area contributed by atoms with Crippen LogP contribution in [0.5, 0.6) is 0 Å². The van der Waals surface area contributed by atoms with Crippen LogP contribution in [0.3, 0.4) is 0 Å². The lowest BCUT2D eigenvalue weighted by Crippen LogP contribution is -2.38. The van der Waals surface area contributed by atoms with Gasteiger partial charge in [0.25, 0.3) is 5.91 Å². The van der Waals surface area contributed by atoms with Crippen molar-refractivity contribution >= 4 is 11.9 Å². The molecule has 2 saturated heterocycles. The number of aliphatic carboxylic acids is 1. The summed E-state index contributed by atoms with van der Waals surface area (Å²) in [6, 6.07) is 1.62. The minimum atomic E-state index is -0.796. The van der Waals surface area contributed by atoms with Crippen LogP contribution >= 0.6 is 0 Å². The zero-order valence-electron chi connectivity index (χ0n) is 11.7. The molecule has 3 atom stereocenters. The van der Waals surface area contributed by atoms with Crippen molar-refractivity contribution in [2.45, 2.75) is 56.5 Å². The molecule has 3 fully saturated rings. The maximum Gasteiger partial charge on any atom is 0.308 e. The monoisotopic (exact) mass is 290 g/mol. The minimum Gasteiger partial charge on any atom is -0.481 e. The summed E-state index contributed by atoms with van der Waals surface area (Å²) in [6.07, 6.45) is 5.64. The van der Waals surface area contributed by atoms with E-state index in [0.29, 0.717) is 18.0 Å². The number of amides is 1. The maximum atomic E-state index is 12.6. The Balaban J connectivity index is 1.55. The molecule has 0 unspecified atom stereocenters. The summed E-state index contributed by atoms with van der Waals surface area (Å²) in [5, 5.41) is 13.2. The van der Waals surface area contributed by atoms with Crippen molar-refractivity contribution in [1.29, 1.82) is 0 Å². The van der Waals surface area contributed by atoms with Crippen molar-refractivity contribution in [1.82, 2.24) is 10.1 Å². The number of carboxylic acid groups (broad SMARTS) is 1. The second kappa shape index (κ2) is 4.58. The molecule has 0 aromatic carbocycles. The van der Waals surface area contributed by atoms with Crippen LogP contribution in [0.1, 0.15) is 60.7 Å². The Labute approximate surface area is 122 Å². The molecule has 4 rings (SSSR count). The van der Waals surface area contributed by atoms with Crippen LogP contribution in [0.15, 0.2) is 10.6 Å². The molecule has 6 heteroatoms. The Bertz CT molecular complexity index is 592. The Morgan fingerprint density at radius 1 is 1.29 bits per heavy atom. The lowest BCUT2D eigenvalue weighted by molar-refractivity contribution is -0.142. The van der Waals surface area contributed by atoms with Crippen LogP contribution < -0.4 is 0 Å². The smallest absolute Gasteiger partial charge is 0.308 e. The summed E-state index contributed by atoms with van der Waals surface area (Å²) in [5.41, 5.74) is 0.333. The van der Waals surface area contributed by atoms with Crippen LogP contribution in [0, 0.1) is 5.92 Å². The fourth-order valence-electron chi connectivity index (χ4n) is 3.98. The third-order valence-electron chi connectivity index (χ3n) is 5.34. The first-order chi connectivity index (χ1) is 10.1. The van der Waals surface area contributed by atoms with Gasteiger partial charge in [-0.15, -0.1) is 0 Å². The number of fused-ring (bicyclic) bond motifs is 2. The molecule has 21 heavy (non-hydrogen) atoms. The standard InChI is InChI=1S/C15H18N2O4/c18-14(11-7-13(21-16-11)8-2-1-3-8)17-9-4-5-12(17)10(6-9)15(19)20/h7-10,12H,1-6H2,(H,19,20)/t9-,10-,12+/m1/s1. The van der Waals surface area contributed by atoms with Crippen LogP contribution in [-0.2, 0) is 4.79 Å². The van der Waals surface area contributed by atoms with E-state index in [1.54, 1.807) is 11.0 Å². The molecular formula is C15H18N2O4. The van der Waals surface area contributed by atoms with Crippen LogP contribution in [-0.4, -0.2) is 39.1 Å². The van der Waals surface area contributed by atoms with Gasteiger partial charge in [-0.25, -0.2) is 0 Å². The molecule has 2 bridgehead atoms. The fraction of sp³-hybridized carbons (Fsp3) is 0.667. The molecule has 1 aromatic rings. The molecule has 1 aliphatic carbocycles. The first-order valence-corrected chi connectivity index (χ1v) is 7.67. The highest BCUT2D eigenvalue weighted by Gasteiger charge is 2.51. The highest BCUT2D eigenvalue weighted by Crippen LogP contribution is 2.43. The van der Waals surface area contributed by atoms with Gasteiger partial charge >= 0.3 is 5.97 Å². The van der Waals surface area contributed by atoms with E-state index in [1.807, 2.05) is 0 Å². The summed E-state index contributed by atoms with van der Waals surface area (Å²) in [6.45, 7) is 0. The predicted octanol–water partition coefficient (Wildman–Crippen LogP) is 2.02. The van der Waals surface area contributed by atoms with Crippen molar-refractivity contribution < 1.29 is 19.2 Å². The molecule has 6 nitrogen and oxygen atoms in total. The number of carbonyl (C=O) groups is 2. The predicted molar refractivity (Wildman–Crippen MR) is 71.8 cm³/mol. The van der Waals surface area contributed by atoms with Crippen molar-refractivity contribution in [3.63, 3.8) is 0 Å². The van der Waals surface area contributed by atoms with Gasteiger partial charge in [0.05, 0.1) is 5.92 Å². The summed E-state index contributed by atoms with van der Waals surface area (Å²) < 4.78 is 5.30. The fourth-order valence-corrected chi connectivity index (χ4v) is 3.98. The average molecular weight is 290 g/mol. The van der Waals surface area contributed by atoms with Gasteiger partial charge in [-0.1, -0.05) is 11.6 Å². The van der Waals surface area contributed by atoms with Gasteiger partial charge in [0.15, 0.2) is 5.69 Å². The third-order valence-corrected chi connectivity index (χ3v) is 5.34. The van der Waals surface area contributed by atoms with Gasteiger partial charge < -0.3 is 14.5 Å². The molecular weight excluding hydrogens is 272 g/mol. The number of nitrogens with zero attached hydrogens (tertiary/aromatic N) is 2. The van der Waals surface area contributed by atoms with Gasteiger partial charge in [0, 0.05) is 24.1 Å². The zero-order valence-corrected chi connectivity index (χ0v) is 11.7. The average Bonchev–Trinajstić information content (AvgIpc) is 3.09. The molecule has 2 aliphatic heterocycles. The quantitative estimate of drug-likeness (QED) is 0.920. The van der Waals surface area contributed by atoms with Crippen molar-refractivity contribution in [3.05, 3.63) is 17.5 Å². The summed E-state index contributed by atoms with van der Waals surface area (Å²) >= 11 is 0. The molecule has 3 heterocycles. The first-order valence-electron chi connectivity index (χ1n) is 7.67. The SMILES string of the molecule is O=C(O)[C@@H]1C[C@H]2CC[C@@H]1N2C(=O)c1cc(C2CCC2)on1. The molecule has 0 spiro atoms. The molecule has 3 aliphatic rings. The lowest BCUT2D eigenvalue weighted by atomic mass is 9.83. The number of aromatic nitrogens is 1. The maximum absolute atomic E-state index is 12.6. The highest BCUT2D eigenvalue weighted by atomic mass is 16.5. The van der Waals surface area contributed by atoms with E-state index in [4.69, 9.17) is 4.52 Å². The Hall–Kier alpha value is -1.85. The summed E-state index contributed by atoms with van der Waals surface area (Å²) in [4.78, 5) is 25.6. The van der Waals surface area contributed by atoms with Gasteiger partial charge in [0.2, 0.25) is 0 Å². The Kier molecular flexibility index (Phi) is 2.80. The van der Waals surface area contributed by atoms with Crippen LogP contribution in [0.4, 0.5) is 0 Å². The number of carbonyl (C=O) groups excluding carboxylic acids is 1. The molecule has 1 saturated carbocycles. The third kappa shape index (κ3) is 1.88.